The monoisotopic (exact) mass is 606 g/mol. The Morgan fingerprint density at radius 2 is 1.32 bits per heavy atom. The molecule has 10 rings (SSSR count). The molecule has 0 radical (unpaired) electrons. The molecule has 4 aromatic carbocycles. The minimum Gasteiger partial charge on any atom is -0.333 e. The number of fused-ring (bicyclic) bond motifs is 8. The van der Waals surface area contributed by atoms with Gasteiger partial charge in [0.25, 0.3) is 0 Å². The maximum atomic E-state index is 11.2. The van der Waals surface area contributed by atoms with E-state index in [0.717, 1.165) is 66.7 Å². The summed E-state index contributed by atoms with van der Waals surface area (Å²) in [5.74, 6) is 0.481. The fourth-order valence-corrected chi connectivity index (χ4v) is 9.05. The molecule has 47 heavy (non-hydrogen) atoms. The molecule has 2 atom stereocenters. The molecular formula is C43H34N4. The molecule has 0 N–H and O–H groups in total. The average Bonchev–Trinajstić information content (AvgIpc) is 3.77. The van der Waals surface area contributed by atoms with E-state index < -0.39 is 0 Å². The topological polar surface area (TPSA) is 36.9 Å². The van der Waals surface area contributed by atoms with Gasteiger partial charge in [-0.25, -0.2) is 0 Å². The first kappa shape index (κ1) is 26.7. The molecule has 0 amide bonds. The minimum absolute atomic E-state index is 0.208. The molecule has 4 heteroatoms. The Morgan fingerprint density at radius 1 is 0.660 bits per heavy atom. The molecule has 3 aliphatic carbocycles. The summed E-state index contributed by atoms with van der Waals surface area (Å²) in [7, 11) is 0. The molecule has 0 saturated heterocycles. The molecule has 0 bridgehead atoms. The van der Waals surface area contributed by atoms with Crippen LogP contribution < -0.4 is 4.90 Å². The van der Waals surface area contributed by atoms with Crippen molar-refractivity contribution >= 4 is 44.5 Å². The van der Waals surface area contributed by atoms with Gasteiger partial charge in [-0.05, 0) is 92.1 Å². The van der Waals surface area contributed by atoms with Crippen molar-refractivity contribution in [2.45, 2.75) is 44.6 Å². The van der Waals surface area contributed by atoms with E-state index in [0.29, 0.717) is 5.92 Å². The molecule has 2 unspecified atom stereocenters. The predicted octanol–water partition coefficient (Wildman–Crippen LogP) is 10.3. The SMILES string of the molecule is N#Cc1c(N2C3=C(CCC=C3)C3CCC=CC32)cc(-n2c3ccccc3c3ccccc32)cc1-n1c2c(c3ccccc31)CCC=C2. The lowest BCUT2D eigenvalue weighted by Gasteiger charge is -2.33. The van der Waals surface area contributed by atoms with Crippen molar-refractivity contribution in [3.8, 4) is 17.4 Å². The summed E-state index contributed by atoms with van der Waals surface area (Å²) in [6.07, 6.45) is 20.4. The standard InChI is InChI=1S/C43H34N4/c44-27-35-42(46-38-21-9-3-15-31(38)32-16-4-10-22-39(32)46)25-28(45-36-19-7-1-13-29(36)30-14-2-8-20-37(30)45)26-43(35)47-40-23-11-5-17-33(40)34-18-6-12-24-41(34)47/h1-3,7-15,19-26,33,40H,4-6,16-18H2. The van der Waals surface area contributed by atoms with E-state index >= 15 is 0 Å². The lowest BCUT2D eigenvalue weighted by atomic mass is 9.83. The normalized spacial score (nSPS) is 19.9. The van der Waals surface area contributed by atoms with Crippen molar-refractivity contribution < 1.29 is 0 Å². The minimum atomic E-state index is 0.208. The Kier molecular flexibility index (Phi) is 5.81. The number of benzene rings is 4. The summed E-state index contributed by atoms with van der Waals surface area (Å²) in [5, 5.41) is 15.0. The summed E-state index contributed by atoms with van der Waals surface area (Å²) in [6, 6.07) is 33.7. The van der Waals surface area contributed by atoms with Crippen LogP contribution in [0, 0.1) is 17.2 Å². The number of hydrogen-bond acceptors (Lipinski definition) is 2. The van der Waals surface area contributed by atoms with E-state index in [-0.39, 0.29) is 6.04 Å². The van der Waals surface area contributed by atoms with Crippen molar-refractivity contribution in [1.82, 2.24) is 9.13 Å². The smallest absolute Gasteiger partial charge is 0.104 e. The van der Waals surface area contributed by atoms with Gasteiger partial charge in [0.05, 0.1) is 45.2 Å². The van der Waals surface area contributed by atoms with Crippen molar-refractivity contribution in [3.05, 3.63) is 143 Å². The van der Waals surface area contributed by atoms with Gasteiger partial charge in [-0.2, -0.15) is 5.26 Å². The maximum Gasteiger partial charge on any atom is 0.104 e. The third-order valence-electron chi connectivity index (χ3n) is 11.0. The van der Waals surface area contributed by atoms with Crippen LogP contribution in [0.3, 0.4) is 0 Å². The quantitative estimate of drug-likeness (QED) is 0.188. The first-order valence-electron chi connectivity index (χ1n) is 17.0. The highest BCUT2D eigenvalue weighted by Crippen LogP contribution is 2.49. The Morgan fingerprint density at radius 3 is 2.09 bits per heavy atom. The van der Waals surface area contributed by atoms with Crippen molar-refractivity contribution in [3.63, 3.8) is 0 Å². The van der Waals surface area contributed by atoms with Gasteiger partial charge in [0.15, 0.2) is 0 Å². The zero-order valence-electron chi connectivity index (χ0n) is 26.2. The fourth-order valence-electron chi connectivity index (χ4n) is 9.05. The second-order valence-corrected chi connectivity index (χ2v) is 13.3. The predicted molar refractivity (Wildman–Crippen MR) is 193 cm³/mol. The molecule has 4 nitrogen and oxygen atoms in total. The van der Waals surface area contributed by atoms with Gasteiger partial charge in [0, 0.05) is 33.5 Å². The van der Waals surface area contributed by atoms with Crippen LogP contribution in [0.15, 0.2) is 127 Å². The molecule has 0 fully saturated rings. The number of rotatable bonds is 3. The van der Waals surface area contributed by atoms with Gasteiger partial charge in [-0.15, -0.1) is 0 Å². The van der Waals surface area contributed by atoms with Gasteiger partial charge in [0.1, 0.15) is 6.07 Å². The lowest BCUT2D eigenvalue weighted by molar-refractivity contribution is 0.500. The van der Waals surface area contributed by atoms with Crippen LogP contribution in [0.25, 0.3) is 50.2 Å². The Hall–Kier alpha value is -5.53. The molecule has 0 saturated carbocycles. The number of hydrogen-bond donors (Lipinski definition) is 0. The summed E-state index contributed by atoms with van der Waals surface area (Å²) >= 11 is 0. The van der Waals surface area contributed by atoms with Gasteiger partial charge in [-0.3, -0.25) is 0 Å². The molecule has 3 heterocycles. The zero-order valence-corrected chi connectivity index (χ0v) is 26.2. The lowest BCUT2D eigenvalue weighted by Crippen LogP contribution is -2.34. The Balaban J connectivity index is 1.34. The third kappa shape index (κ3) is 3.74. The second kappa shape index (κ2) is 10.2. The number of nitrogens with zero attached hydrogens (tertiary/aromatic N) is 4. The van der Waals surface area contributed by atoms with Crippen molar-refractivity contribution in [1.29, 1.82) is 5.26 Å². The van der Waals surface area contributed by atoms with Gasteiger partial charge in [-0.1, -0.05) is 78.9 Å². The number of aromatic nitrogens is 2. The van der Waals surface area contributed by atoms with Crippen molar-refractivity contribution in [2.75, 3.05) is 4.90 Å². The van der Waals surface area contributed by atoms with E-state index in [9.17, 15) is 5.26 Å². The highest BCUT2D eigenvalue weighted by molar-refractivity contribution is 6.09. The molecule has 0 spiro atoms. The van der Waals surface area contributed by atoms with Crippen molar-refractivity contribution in [2.24, 2.45) is 5.92 Å². The summed E-state index contributed by atoms with van der Waals surface area (Å²) in [5.41, 5.74) is 12.6. The average molecular weight is 607 g/mol. The number of para-hydroxylation sites is 3. The third-order valence-corrected chi connectivity index (χ3v) is 11.0. The molecule has 6 aromatic rings. The van der Waals surface area contributed by atoms with E-state index in [4.69, 9.17) is 0 Å². The summed E-state index contributed by atoms with van der Waals surface area (Å²) in [6.45, 7) is 0. The van der Waals surface area contributed by atoms with E-state index in [1.165, 1.54) is 44.1 Å². The highest BCUT2D eigenvalue weighted by Gasteiger charge is 2.41. The largest absolute Gasteiger partial charge is 0.333 e. The highest BCUT2D eigenvalue weighted by atomic mass is 15.2. The van der Waals surface area contributed by atoms with Crippen LogP contribution in [-0.2, 0) is 6.42 Å². The molecule has 226 valence electrons. The molecular weight excluding hydrogens is 573 g/mol. The Bertz CT molecular complexity index is 2400. The second-order valence-electron chi connectivity index (χ2n) is 13.3. The summed E-state index contributed by atoms with van der Waals surface area (Å²) < 4.78 is 4.78. The van der Waals surface area contributed by atoms with Crippen LogP contribution in [0.2, 0.25) is 0 Å². The fraction of sp³-hybridized carbons (Fsp3) is 0.186. The van der Waals surface area contributed by atoms with E-state index in [1.807, 2.05) is 0 Å². The van der Waals surface area contributed by atoms with E-state index in [1.54, 1.807) is 5.57 Å². The van der Waals surface area contributed by atoms with Gasteiger partial charge in [0.2, 0.25) is 0 Å². The number of anilines is 1. The zero-order chi connectivity index (χ0) is 31.1. The molecule has 1 aliphatic heterocycles. The Labute approximate surface area is 274 Å². The van der Waals surface area contributed by atoms with Crippen LogP contribution in [-0.4, -0.2) is 15.2 Å². The van der Waals surface area contributed by atoms with Gasteiger partial charge >= 0.3 is 0 Å². The molecule has 2 aromatic heterocycles. The first-order valence-corrected chi connectivity index (χ1v) is 17.0. The van der Waals surface area contributed by atoms with Crippen LogP contribution in [0.1, 0.15) is 48.9 Å². The van der Waals surface area contributed by atoms with Crippen LogP contribution in [0.5, 0.6) is 0 Å². The number of aryl methyl sites for hydroxylation is 1. The van der Waals surface area contributed by atoms with E-state index in [2.05, 4.69) is 141 Å². The van der Waals surface area contributed by atoms with Crippen LogP contribution in [0.4, 0.5) is 5.69 Å². The number of allylic oxidation sites excluding steroid dienone is 4. The molecule has 4 aliphatic rings. The maximum absolute atomic E-state index is 11.2. The summed E-state index contributed by atoms with van der Waals surface area (Å²) in [4.78, 5) is 2.51. The number of nitriles is 1. The first-order chi connectivity index (χ1) is 23.3. The van der Waals surface area contributed by atoms with Gasteiger partial charge < -0.3 is 14.0 Å². The van der Waals surface area contributed by atoms with Crippen LogP contribution >= 0.6 is 0 Å².